The van der Waals surface area contributed by atoms with Crippen molar-refractivity contribution >= 4 is 27.8 Å². The van der Waals surface area contributed by atoms with Gasteiger partial charge in [-0.1, -0.05) is 237 Å². The molecular formula is C64H45N. The summed E-state index contributed by atoms with van der Waals surface area (Å²) in [6.45, 7) is 0. The largest absolute Gasteiger partial charge is 0.311 e. The molecule has 65 heavy (non-hydrogen) atoms. The predicted molar refractivity (Wildman–Crippen MR) is 277 cm³/mol. The monoisotopic (exact) mass is 827 g/mol. The Morgan fingerprint density at radius 2 is 0.415 bits per heavy atom. The summed E-state index contributed by atoms with van der Waals surface area (Å²) < 4.78 is 0. The van der Waals surface area contributed by atoms with E-state index in [1.54, 1.807) is 0 Å². The van der Waals surface area contributed by atoms with E-state index in [1.807, 2.05) is 0 Å². The Bertz CT molecular complexity index is 3370. The van der Waals surface area contributed by atoms with Crippen LogP contribution in [0.25, 0.3) is 88.7 Å². The summed E-state index contributed by atoms with van der Waals surface area (Å²) in [5.74, 6) is 0. The molecule has 11 aromatic carbocycles. The minimum absolute atomic E-state index is 1.08. The predicted octanol–water partition coefficient (Wildman–Crippen LogP) is 18.0. The van der Waals surface area contributed by atoms with Crippen molar-refractivity contribution in [3.63, 3.8) is 0 Å². The van der Waals surface area contributed by atoms with Crippen molar-refractivity contribution in [2.75, 3.05) is 4.90 Å². The summed E-state index contributed by atoms with van der Waals surface area (Å²) >= 11 is 0. The van der Waals surface area contributed by atoms with Gasteiger partial charge in [-0.25, -0.2) is 0 Å². The molecular weight excluding hydrogens is 783 g/mol. The van der Waals surface area contributed by atoms with Gasteiger partial charge in [-0.15, -0.1) is 0 Å². The molecule has 0 aliphatic rings. The van der Waals surface area contributed by atoms with Gasteiger partial charge < -0.3 is 4.90 Å². The first-order chi connectivity index (χ1) is 32.3. The van der Waals surface area contributed by atoms with Crippen LogP contribution in [0.2, 0.25) is 0 Å². The summed E-state index contributed by atoms with van der Waals surface area (Å²) in [6, 6.07) is 98.7. The summed E-state index contributed by atoms with van der Waals surface area (Å²) in [5, 5.41) is 2.49. The first-order valence-electron chi connectivity index (χ1n) is 22.3. The van der Waals surface area contributed by atoms with E-state index in [4.69, 9.17) is 0 Å². The Balaban J connectivity index is 0.998. The third kappa shape index (κ3) is 7.82. The molecule has 0 aliphatic heterocycles. The minimum Gasteiger partial charge on any atom is -0.311 e. The lowest BCUT2D eigenvalue weighted by Gasteiger charge is -2.26. The molecule has 0 saturated carbocycles. The fraction of sp³-hybridized carbons (Fsp3) is 0. The fourth-order valence-electron chi connectivity index (χ4n) is 9.42. The molecule has 0 atom stereocenters. The third-order valence-electron chi connectivity index (χ3n) is 12.5. The molecule has 0 radical (unpaired) electrons. The highest BCUT2D eigenvalue weighted by molar-refractivity contribution is 6.06. The maximum Gasteiger partial charge on any atom is 0.0462 e. The van der Waals surface area contributed by atoms with E-state index < -0.39 is 0 Å². The highest BCUT2D eigenvalue weighted by Gasteiger charge is 2.18. The smallest absolute Gasteiger partial charge is 0.0462 e. The number of fused-ring (bicyclic) bond motifs is 1. The van der Waals surface area contributed by atoms with Crippen LogP contribution < -0.4 is 4.90 Å². The molecule has 11 rings (SSSR count). The highest BCUT2D eigenvalue weighted by Crippen LogP contribution is 2.43. The maximum absolute atomic E-state index is 2.37. The topological polar surface area (TPSA) is 3.24 Å². The minimum atomic E-state index is 1.08. The maximum atomic E-state index is 2.37. The molecule has 0 amide bonds. The van der Waals surface area contributed by atoms with Gasteiger partial charge in [0, 0.05) is 17.1 Å². The van der Waals surface area contributed by atoms with Crippen LogP contribution in [0.4, 0.5) is 17.1 Å². The Kier molecular flexibility index (Phi) is 10.7. The van der Waals surface area contributed by atoms with Crippen LogP contribution in [-0.4, -0.2) is 0 Å². The van der Waals surface area contributed by atoms with Gasteiger partial charge in [-0.3, -0.25) is 0 Å². The van der Waals surface area contributed by atoms with Gasteiger partial charge in [-0.05, 0) is 125 Å². The van der Waals surface area contributed by atoms with E-state index in [9.17, 15) is 0 Å². The molecule has 0 aliphatic carbocycles. The van der Waals surface area contributed by atoms with Gasteiger partial charge in [0.1, 0.15) is 0 Å². The first-order valence-corrected chi connectivity index (χ1v) is 22.3. The standard InChI is InChI=1S/C64H45N/c1-4-18-46(19-5-1)56-26-10-11-27-57(56)49-34-40-53(41-35-49)65(55-44-38-51(39-45-55)61-33-17-25-52-24-16-32-60(64(52)61)48-22-8-3-9-23-48)54-42-36-50(37-43-54)59-29-13-15-31-63(59)62-30-14-12-28-58(62)47-20-6-2-7-21-47/h1-45H. The van der Waals surface area contributed by atoms with Gasteiger partial charge in [0.05, 0.1) is 0 Å². The Morgan fingerprint density at radius 3 is 0.769 bits per heavy atom. The van der Waals surface area contributed by atoms with Crippen LogP contribution in [0.3, 0.4) is 0 Å². The molecule has 0 unspecified atom stereocenters. The van der Waals surface area contributed by atoms with Crippen LogP contribution in [0.1, 0.15) is 0 Å². The van der Waals surface area contributed by atoms with Crippen molar-refractivity contribution in [3.05, 3.63) is 273 Å². The van der Waals surface area contributed by atoms with E-state index in [1.165, 1.54) is 88.7 Å². The van der Waals surface area contributed by atoms with E-state index in [0.717, 1.165) is 17.1 Å². The Labute approximate surface area is 381 Å². The fourth-order valence-corrected chi connectivity index (χ4v) is 9.42. The SMILES string of the molecule is c1ccc(-c2ccccc2-c2ccc(N(c3ccc(-c4ccccc4-c4ccccc4-c4ccccc4)cc3)c3ccc(-c4cccc5cccc(-c6ccccc6)c45)cc3)cc2)cc1. The number of rotatable bonds is 10. The number of benzene rings is 11. The second-order valence-corrected chi connectivity index (χ2v) is 16.4. The molecule has 0 saturated heterocycles. The van der Waals surface area contributed by atoms with Crippen molar-refractivity contribution in [2.24, 2.45) is 0 Å². The van der Waals surface area contributed by atoms with Gasteiger partial charge in [0.15, 0.2) is 0 Å². The van der Waals surface area contributed by atoms with Crippen molar-refractivity contribution in [1.82, 2.24) is 0 Å². The summed E-state index contributed by atoms with van der Waals surface area (Å²) in [6.07, 6.45) is 0. The second kappa shape index (κ2) is 17.7. The number of nitrogens with zero attached hydrogens (tertiary/aromatic N) is 1. The van der Waals surface area contributed by atoms with E-state index in [2.05, 4.69) is 278 Å². The number of anilines is 3. The lowest BCUT2D eigenvalue weighted by atomic mass is 9.89. The normalized spacial score (nSPS) is 11.1. The zero-order valence-corrected chi connectivity index (χ0v) is 35.9. The summed E-state index contributed by atoms with van der Waals surface area (Å²) in [4.78, 5) is 2.37. The Hall–Kier alpha value is -8.52. The van der Waals surface area contributed by atoms with Crippen LogP contribution in [0.5, 0.6) is 0 Å². The van der Waals surface area contributed by atoms with Gasteiger partial charge in [-0.2, -0.15) is 0 Å². The van der Waals surface area contributed by atoms with Crippen molar-refractivity contribution in [1.29, 1.82) is 0 Å². The first kappa shape index (κ1) is 39.3. The number of hydrogen-bond donors (Lipinski definition) is 0. The average molecular weight is 828 g/mol. The van der Waals surface area contributed by atoms with Gasteiger partial charge in [0.2, 0.25) is 0 Å². The third-order valence-corrected chi connectivity index (χ3v) is 12.5. The lowest BCUT2D eigenvalue weighted by Crippen LogP contribution is -2.09. The molecule has 11 aromatic rings. The molecule has 0 heterocycles. The molecule has 0 N–H and O–H groups in total. The molecule has 1 nitrogen and oxygen atoms in total. The molecule has 0 aromatic heterocycles. The highest BCUT2D eigenvalue weighted by atomic mass is 15.1. The molecule has 0 spiro atoms. The van der Waals surface area contributed by atoms with Crippen LogP contribution in [0, 0.1) is 0 Å². The lowest BCUT2D eigenvalue weighted by molar-refractivity contribution is 1.28. The quantitative estimate of drug-likeness (QED) is 0.133. The molecule has 0 bridgehead atoms. The van der Waals surface area contributed by atoms with Crippen LogP contribution >= 0.6 is 0 Å². The zero-order chi connectivity index (χ0) is 43.4. The summed E-state index contributed by atoms with van der Waals surface area (Å²) in [7, 11) is 0. The van der Waals surface area contributed by atoms with Gasteiger partial charge >= 0.3 is 0 Å². The average Bonchev–Trinajstić information content (AvgIpc) is 3.40. The van der Waals surface area contributed by atoms with E-state index in [-0.39, 0.29) is 0 Å². The second-order valence-electron chi connectivity index (χ2n) is 16.4. The summed E-state index contributed by atoms with van der Waals surface area (Å²) in [5.41, 5.74) is 20.2. The molecule has 306 valence electrons. The Morgan fingerprint density at radius 1 is 0.169 bits per heavy atom. The van der Waals surface area contributed by atoms with Crippen molar-refractivity contribution in [2.45, 2.75) is 0 Å². The zero-order valence-electron chi connectivity index (χ0n) is 35.9. The van der Waals surface area contributed by atoms with E-state index >= 15 is 0 Å². The van der Waals surface area contributed by atoms with Gasteiger partial charge in [0.25, 0.3) is 0 Å². The number of hydrogen-bond acceptors (Lipinski definition) is 1. The van der Waals surface area contributed by atoms with Crippen LogP contribution in [0.15, 0.2) is 273 Å². The molecule has 0 fully saturated rings. The van der Waals surface area contributed by atoms with E-state index in [0.29, 0.717) is 0 Å². The van der Waals surface area contributed by atoms with Crippen molar-refractivity contribution < 1.29 is 0 Å². The molecule has 1 heteroatoms. The van der Waals surface area contributed by atoms with Crippen molar-refractivity contribution in [3.8, 4) is 77.9 Å². The van der Waals surface area contributed by atoms with Crippen LogP contribution in [-0.2, 0) is 0 Å².